The van der Waals surface area contributed by atoms with Crippen LogP contribution in [0.25, 0.3) is 0 Å². The van der Waals surface area contributed by atoms with Crippen molar-refractivity contribution in [1.29, 1.82) is 0 Å². The molecule has 2 atom stereocenters. The number of carboxylic acid groups (broad SMARTS) is 1. The SMILES string of the molecule is CCCc1nc(CN2CCC(C)C2C(=O)O)no1. The number of likely N-dealkylation sites (tertiary alicyclic amines) is 1. The van der Waals surface area contributed by atoms with Crippen molar-refractivity contribution in [2.45, 2.75) is 45.7 Å². The van der Waals surface area contributed by atoms with E-state index in [4.69, 9.17) is 4.52 Å². The molecule has 1 aliphatic rings. The number of aliphatic carboxylic acids is 1. The first-order valence-corrected chi connectivity index (χ1v) is 6.40. The van der Waals surface area contributed by atoms with E-state index < -0.39 is 12.0 Å². The van der Waals surface area contributed by atoms with Crippen molar-refractivity contribution in [2.75, 3.05) is 6.54 Å². The van der Waals surface area contributed by atoms with Crippen molar-refractivity contribution in [1.82, 2.24) is 15.0 Å². The summed E-state index contributed by atoms with van der Waals surface area (Å²) in [6, 6.07) is -0.432. The zero-order valence-electron chi connectivity index (χ0n) is 10.8. The Morgan fingerprint density at radius 2 is 2.39 bits per heavy atom. The van der Waals surface area contributed by atoms with Gasteiger partial charge in [-0.3, -0.25) is 9.69 Å². The molecule has 0 bridgehead atoms. The Hall–Kier alpha value is -1.43. The number of hydrogen-bond donors (Lipinski definition) is 1. The molecule has 0 amide bonds. The Labute approximate surface area is 106 Å². The number of rotatable bonds is 5. The first-order valence-electron chi connectivity index (χ1n) is 6.40. The summed E-state index contributed by atoms with van der Waals surface area (Å²) < 4.78 is 5.10. The van der Waals surface area contributed by atoms with E-state index in [1.54, 1.807) is 0 Å². The van der Waals surface area contributed by atoms with E-state index in [9.17, 15) is 9.90 Å². The van der Waals surface area contributed by atoms with Crippen LogP contribution >= 0.6 is 0 Å². The molecule has 1 aliphatic heterocycles. The number of carboxylic acids is 1. The molecule has 100 valence electrons. The predicted octanol–water partition coefficient (Wildman–Crippen LogP) is 1.32. The lowest BCUT2D eigenvalue weighted by atomic mass is 10.0. The number of aromatic nitrogens is 2. The monoisotopic (exact) mass is 253 g/mol. The minimum Gasteiger partial charge on any atom is -0.480 e. The van der Waals surface area contributed by atoms with Crippen molar-refractivity contribution < 1.29 is 14.4 Å². The average Bonchev–Trinajstić information content (AvgIpc) is 2.87. The molecule has 1 aromatic heterocycles. The van der Waals surface area contributed by atoms with Crippen LogP contribution in [0.5, 0.6) is 0 Å². The second-order valence-corrected chi connectivity index (χ2v) is 4.87. The van der Waals surface area contributed by atoms with Gasteiger partial charge in [0.1, 0.15) is 6.04 Å². The predicted molar refractivity (Wildman–Crippen MR) is 63.9 cm³/mol. The lowest BCUT2D eigenvalue weighted by molar-refractivity contribution is -0.143. The van der Waals surface area contributed by atoms with Gasteiger partial charge >= 0.3 is 5.97 Å². The van der Waals surface area contributed by atoms with E-state index in [1.807, 2.05) is 18.7 Å². The van der Waals surface area contributed by atoms with Crippen LogP contribution in [0.1, 0.15) is 38.4 Å². The lowest BCUT2D eigenvalue weighted by Gasteiger charge is -2.21. The van der Waals surface area contributed by atoms with Crippen LogP contribution in [0.4, 0.5) is 0 Å². The molecule has 0 saturated carbocycles. The molecule has 0 radical (unpaired) electrons. The van der Waals surface area contributed by atoms with Crippen LogP contribution in [0.15, 0.2) is 4.52 Å². The summed E-state index contributed by atoms with van der Waals surface area (Å²) in [5.41, 5.74) is 0. The third kappa shape index (κ3) is 2.69. The smallest absolute Gasteiger partial charge is 0.321 e. The molecule has 2 unspecified atom stereocenters. The third-order valence-corrected chi connectivity index (χ3v) is 3.38. The quantitative estimate of drug-likeness (QED) is 0.852. The van der Waals surface area contributed by atoms with Crippen LogP contribution in [0.3, 0.4) is 0 Å². The maximum Gasteiger partial charge on any atom is 0.321 e. The average molecular weight is 253 g/mol. The van der Waals surface area contributed by atoms with Crippen LogP contribution in [-0.4, -0.2) is 38.7 Å². The molecular weight excluding hydrogens is 234 g/mol. The molecule has 18 heavy (non-hydrogen) atoms. The fourth-order valence-electron chi connectivity index (χ4n) is 2.45. The number of aryl methyl sites for hydroxylation is 1. The Morgan fingerprint density at radius 3 is 3.06 bits per heavy atom. The molecule has 0 spiro atoms. The van der Waals surface area contributed by atoms with Crippen LogP contribution < -0.4 is 0 Å². The Morgan fingerprint density at radius 1 is 1.61 bits per heavy atom. The molecule has 1 fully saturated rings. The van der Waals surface area contributed by atoms with Gasteiger partial charge in [0.25, 0.3) is 0 Å². The largest absolute Gasteiger partial charge is 0.480 e. The Balaban J connectivity index is 2.01. The normalized spacial score (nSPS) is 24.6. The van der Waals surface area contributed by atoms with Gasteiger partial charge in [0.15, 0.2) is 5.82 Å². The van der Waals surface area contributed by atoms with Crippen LogP contribution in [-0.2, 0) is 17.8 Å². The van der Waals surface area contributed by atoms with E-state index >= 15 is 0 Å². The molecule has 1 saturated heterocycles. The second-order valence-electron chi connectivity index (χ2n) is 4.87. The minimum atomic E-state index is -0.766. The van der Waals surface area contributed by atoms with Crippen molar-refractivity contribution >= 4 is 5.97 Å². The van der Waals surface area contributed by atoms with Crippen molar-refractivity contribution in [3.8, 4) is 0 Å². The van der Waals surface area contributed by atoms with Gasteiger partial charge in [0.2, 0.25) is 5.89 Å². The van der Waals surface area contributed by atoms with Gasteiger partial charge < -0.3 is 9.63 Å². The molecular formula is C12H19N3O3. The summed E-state index contributed by atoms with van der Waals surface area (Å²) >= 11 is 0. The highest BCUT2D eigenvalue weighted by molar-refractivity contribution is 5.74. The van der Waals surface area contributed by atoms with Gasteiger partial charge in [0.05, 0.1) is 6.54 Å². The van der Waals surface area contributed by atoms with Gasteiger partial charge in [-0.1, -0.05) is 19.0 Å². The molecule has 6 heteroatoms. The first-order chi connectivity index (χ1) is 8.61. The Kier molecular flexibility index (Phi) is 3.96. The number of carbonyl (C=O) groups is 1. The van der Waals surface area contributed by atoms with Crippen molar-refractivity contribution in [3.63, 3.8) is 0 Å². The number of hydrogen-bond acceptors (Lipinski definition) is 5. The zero-order chi connectivity index (χ0) is 13.1. The molecule has 1 N–H and O–H groups in total. The maximum absolute atomic E-state index is 11.2. The zero-order valence-corrected chi connectivity index (χ0v) is 10.8. The summed E-state index contributed by atoms with van der Waals surface area (Å²) in [7, 11) is 0. The highest BCUT2D eigenvalue weighted by Gasteiger charge is 2.37. The van der Waals surface area contributed by atoms with Crippen LogP contribution in [0, 0.1) is 5.92 Å². The van der Waals surface area contributed by atoms with E-state index in [0.29, 0.717) is 18.3 Å². The highest BCUT2D eigenvalue weighted by Crippen LogP contribution is 2.25. The van der Waals surface area contributed by atoms with Crippen molar-refractivity contribution in [3.05, 3.63) is 11.7 Å². The van der Waals surface area contributed by atoms with Gasteiger partial charge in [-0.25, -0.2) is 0 Å². The van der Waals surface area contributed by atoms with Gasteiger partial charge in [-0.15, -0.1) is 0 Å². The maximum atomic E-state index is 11.2. The summed E-state index contributed by atoms with van der Waals surface area (Å²) in [6.45, 7) is 5.24. The minimum absolute atomic E-state index is 0.171. The molecule has 6 nitrogen and oxygen atoms in total. The first kappa shape index (κ1) is 13.0. The second kappa shape index (κ2) is 5.48. The van der Waals surface area contributed by atoms with E-state index in [0.717, 1.165) is 25.8 Å². The van der Waals surface area contributed by atoms with Crippen LogP contribution in [0.2, 0.25) is 0 Å². The molecule has 2 rings (SSSR count). The lowest BCUT2D eigenvalue weighted by Crippen LogP contribution is -2.38. The topological polar surface area (TPSA) is 79.5 Å². The van der Waals surface area contributed by atoms with Gasteiger partial charge in [-0.2, -0.15) is 4.98 Å². The fraction of sp³-hybridized carbons (Fsp3) is 0.750. The van der Waals surface area contributed by atoms with E-state index in [-0.39, 0.29) is 5.92 Å². The summed E-state index contributed by atoms with van der Waals surface area (Å²) in [5, 5.41) is 13.1. The summed E-state index contributed by atoms with van der Waals surface area (Å²) in [5.74, 6) is 0.618. The fourth-order valence-corrected chi connectivity index (χ4v) is 2.45. The molecule has 1 aromatic rings. The highest BCUT2D eigenvalue weighted by atomic mass is 16.5. The summed E-state index contributed by atoms with van der Waals surface area (Å²) in [6.07, 6.45) is 2.63. The Bertz CT molecular complexity index is 418. The molecule has 2 heterocycles. The van der Waals surface area contributed by atoms with E-state index in [1.165, 1.54) is 0 Å². The standard InChI is InChI=1S/C12H19N3O3/c1-3-4-10-13-9(14-18-10)7-15-6-5-8(2)11(15)12(16)17/h8,11H,3-7H2,1-2H3,(H,16,17). The van der Waals surface area contributed by atoms with Crippen molar-refractivity contribution in [2.24, 2.45) is 5.92 Å². The molecule has 0 aromatic carbocycles. The summed E-state index contributed by atoms with van der Waals surface area (Å²) in [4.78, 5) is 17.4. The number of nitrogens with zero attached hydrogens (tertiary/aromatic N) is 3. The van der Waals surface area contributed by atoms with Gasteiger partial charge in [-0.05, 0) is 25.3 Å². The third-order valence-electron chi connectivity index (χ3n) is 3.38. The molecule has 0 aliphatic carbocycles. The van der Waals surface area contributed by atoms with Gasteiger partial charge in [0, 0.05) is 6.42 Å². The van der Waals surface area contributed by atoms with E-state index in [2.05, 4.69) is 10.1 Å².